The number of nitrogens with one attached hydrogen (secondary N) is 1. The predicted molar refractivity (Wildman–Crippen MR) is 102 cm³/mol. The van der Waals surface area contributed by atoms with Gasteiger partial charge in [-0.1, -0.05) is 84.0 Å². The van der Waals surface area contributed by atoms with Crippen LogP contribution in [-0.2, 0) is 0 Å². The van der Waals surface area contributed by atoms with Crippen LogP contribution in [0.5, 0.6) is 0 Å². The second kappa shape index (κ2) is 12.9. The summed E-state index contributed by atoms with van der Waals surface area (Å²) in [6.45, 7) is 4.13. The molecule has 25 heavy (non-hydrogen) atoms. The molecule has 0 aromatic carbocycles. The van der Waals surface area contributed by atoms with Crippen LogP contribution >= 0.6 is 0 Å². The fraction of sp³-hybridized carbons (Fsp3) is 0.800. The van der Waals surface area contributed by atoms with E-state index in [-0.39, 0.29) is 6.04 Å². The largest absolute Gasteiger partial charge is 0.328 e. The molecular weight excluding hydrogens is 319 g/mol. The van der Waals surface area contributed by atoms with Crippen LogP contribution in [0.1, 0.15) is 103 Å². The molecule has 1 aromatic heterocycles. The SMILES string of the molecule is CCCCCCCCCCCCCCC(C)n1cc(F)c(=O)[nH]c1=O. The van der Waals surface area contributed by atoms with Gasteiger partial charge in [-0.2, -0.15) is 4.39 Å². The van der Waals surface area contributed by atoms with Crippen LogP contribution in [-0.4, -0.2) is 9.55 Å². The molecule has 0 radical (unpaired) electrons. The topological polar surface area (TPSA) is 54.9 Å². The van der Waals surface area contributed by atoms with Crippen molar-refractivity contribution in [1.29, 1.82) is 0 Å². The molecule has 0 bridgehead atoms. The zero-order valence-electron chi connectivity index (χ0n) is 16.0. The zero-order chi connectivity index (χ0) is 18.5. The molecular formula is C20H35FN2O2. The van der Waals surface area contributed by atoms with Crippen LogP contribution in [0.15, 0.2) is 15.8 Å². The highest BCUT2D eigenvalue weighted by molar-refractivity contribution is 4.88. The lowest BCUT2D eigenvalue weighted by atomic mass is 10.0. The Hall–Kier alpha value is -1.39. The zero-order valence-corrected chi connectivity index (χ0v) is 16.0. The molecule has 0 saturated carbocycles. The van der Waals surface area contributed by atoms with Crippen LogP contribution < -0.4 is 11.2 Å². The van der Waals surface area contributed by atoms with Gasteiger partial charge >= 0.3 is 5.69 Å². The number of rotatable bonds is 14. The number of aromatic amines is 1. The van der Waals surface area contributed by atoms with Gasteiger partial charge in [-0.15, -0.1) is 0 Å². The average molecular weight is 355 g/mol. The molecule has 0 saturated heterocycles. The Labute approximate surface area is 150 Å². The average Bonchev–Trinajstić information content (AvgIpc) is 2.59. The van der Waals surface area contributed by atoms with E-state index in [1.807, 2.05) is 11.9 Å². The molecule has 1 unspecified atom stereocenters. The molecule has 0 aliphatic heterocycles. The lowest BCUT2D eigenvalue weighted by Crippen LogP contribution is -2.33. The van der Waals surface area contributed by atoms with E-state index in [0.29, 0.717) is 0 Å². The smallest absolute Gasteiger partial charge is 0.295 e. The maximum Gasteiger partial charge on any atom is 0.328 e. The number of hydrogen-bond acceptors (Lipinski definition) is 2. The Morgan fingerprint density at radius 2 is 1.40 bits per heavy atom. The van der Waals surface area contributed by atoms with E-state index < -0.39 is 17.1 Å². The minimum atomic E-state index is -0.946. The molecule has 1 atom stereocenters. The Morgan fingerprint density at radius 1 is 0.920 bits per heavy atom. The Kier molecular flexibility index (Phi) is 11.2. The number of H-pyrrole nitrogens is 1. The van der Waals surface area contributed by atoms with Crippen LogP contribution in [0.4, 0.5) is 4.39 Å². The van der Waals surface area contributed by atoms with Gasteiger partial charge in [0.1, 0.15) is 0 Å². The highest BCUT2D eigenvalue weighted by Crippen LogP contribution is 2.16. The van der Waals surface area contributed by atoms with Crippen molar-refractivity contribution in [2.24, 2.45) is 0 Å². The van der Waals surface area contributed by atoms with E-state index in [0.717, 1.165) is 25.5 Å². The Morgan fingerprint density at radius 3 is 1.92 bits per heavy atom. The van der Waals surface area contributed by atoms with Crippen LogP contribution in [0.25, 0.3) is 0 Å². The van der Waals surface area contributed by atoms with Crippen molar-refractivity contribution in [3.05, 3.63) is 32.9 Å². The maximum absolute atomic E-state index is 13.3. The van der Waals surface area contributed by atoms with E-state index in [4.69, 9.17) is 0 Å². The summed E-state index contributed by atoms with van der Waals surface area (Å²) in [4.78, 5) is 24.7. The first kappa shape index (κ1) is 21.7. The predicted octanol–water partition coefficient (Wildman–Crippen LogP) is 5.33. The number of hydrogen-bond donors (Lipinski definition) is 1. The first-order valence-electron chi connectivity index (χ1n) is 10.1. The van der Waals surface area contributed by atoms with Gasteiger partial charge in [0.15, 0.2) is 0 Å². The lowest BCUT2D eigenvalue weighted by Gasteiger charge is -2.14. The summed E-state index contributed by atoms with van der Waals surface area (Å²) in [6, 6.07) is -0.0954. The summed E-state index contributed by atoms with van der Waals surface area (Å²) < 4.78 is 14.6. The van der Waals surface area contributed by atoms with Gasteiger partial charge in [0.25, 0.3) is 5.56 Å². The van der Waals surface area contributed by atoms with E-state index in [1.54, 1.807) is 0 Å². The monoisotopic (exact) mass is 354 g/mol. The fourth-order valence-electron chi connectivity index (χ4n) is 3.21. The minimum absolute atomic E-state index is 0.0954. The highest BCUT2D eigenvalue weighted by atomic mass is 19.1. The minimum Gasteiger partial charge on any atom is -0.295 e. The molecule has 1 rings (SSSR count). The second-order valence-corrected chi connectivity index (χ2v) is 7.17. The van der Waals surface area contributed by atoms with Crippen LogP contribution in [0.2, 0.25) is 0 Å². The number of aromatic nitrogens is 2. The molecule has 0 aliphatic carbocycles. The van der Waals surface area contributed by atoms with Crippen molar-refractivity contribution in [3.63, 3.8) is 0 Å². The van der Waals surface area contributed by atoms with Crippen molar-refractivity contribution in [2.75, 3.05) is 0 Å². The third-order valence-corrected chi connectivity index (χ3v) is 4.87. The van der Waals surface area contributed by atoms with Crippen molar-refractivity contribution in [3.8, 4) is 0 Å². The quantitative estimate of drug-likeness (QED) is 0.459. The van der Waals surface area contributed by atoms with Gasteiger partial charge < -0.3 is 0 Å². The van der Waals surface area contributed by atoms with Crippen molar-refractivity contribution in [1.82, 2.24) is 9.55 Å². The third-order valence-electron chi connectivity index (χ3n) is 4.87. The van der Waals surface area contributed by atoms with E-state index in [1.165, 1.54) is 68.8 Å². The van der Waals surface area contributed by atoms with Gasteiger partial charge in [-0.3, -0.25) is 14.3 Å². The molecule has 0 amide bonds. The van der Waals surface area contributed by atoms with Crippen molar-refractivity contribution in [2.45, 2.75) is 103 Å². The molecule has 1 N–H and O–H groups in total. The van der Waals surface area contributed by atoms with Crippen molar-refractivity contribution < 1.29 is 4.39 Å². The summed E-state index contributed by atoms with van der Waals surface area (Å²) in [5, 5.41) is 0. The molecule has 1 heterocycles. The van der Waals surface area contributed by atoms with E-state index in [9.17, 15) is 14.0 Å². The Bertz CT molecular complexity index is 580. The maximum atomic E-state index is 13.3. The summed E-state index contributed by atoms with van der Waals surface area (Å²) in [5.41, 5.74) is -1.48. The van der Waals surface area contributed by atoms with Gasteiger partial charge in [0.2, 0.25) is 5.82 Å². The van der Waals surface area contributed by atoms with Crippen LogP contribution in [0, 0.1) is 5.82 Å². The number of halogens is 1. The standard InChI is InChI=1S/C20H35FN2O2/c1-3-4-5-6-7-8-9-10-11-12-13-14-15-17(2)23-16-18(21)19(24)22-20(23)25/h16-17H,3-15H2,1-2H3,(H,22,24,25). The molecule has 4 nitrogen and oxygen atoms in total. The van der Waals surface area contributed by atoms with Gasteiger partial charge in [-0.05, 0) is 13.3 Å². The first-order chi connectivity index (χ1) is 12.1. The normalized spacial score (nSPS) is 12.4. The molecule has 0 fully saturated rings. The summed E-state index contributed by atoms with van der Waals surface area (Å²) in [5.74, 6) is -0.902. The molecule has 144 valence electrons. The lowest BCUT2D eigenvalue weighted by molar-refractivity contribution is 0.435. The number of nitrogens with zero attached hydrogens (tertiary/aromatic N) is 1. The van der Waals surface area contributed by atoms with Crippen molar-refractivity contribution >= 4 is 0 Å². The van der Waals surface area contributed by atoms with Gasteiger partial charge in [0.05, 0.1) is 6.20 Å². The number of unbranched alkanes of at least 4 members (excludes halogenated alkanes) is 11. The molecule has 0 aliphatic rings. The van der Waals surface area contributed by atoms with E-state index in [2.05, 4.69) is 6.92 Å². The Balaban J connectivity index is 2.05. The summed E-state index contributed by atoms with van der Waals surface area (Å²) in [6.07, 6.45) is 17.3. The third kappa shape index (κ3) is 9.03. The molecule has 1 aromatic rings. The summed E-state index contributed by atoms with van der Waals surface area (Å²) >= 11 is 0. The fourth-order valence-corrected chi connectivity index (χ4v) is 3.21. The van der Waals surface area contributed by atoms with E-state index >= 15 is 0 Å². The second-order valence-electron chi connectivity index (χ2n) is 7.17. The van der Waals surface area contributed by atoms with Crippen LogP contribution in [0.3, 0.4) is 0 Å². The highest BCUT2D eigenvalue weighted by Gasteiger charge is 2.10. The van der Waals surface area contributed by atoms with Gasteiger partial charge in [-0.25, -0.2) is 4.79 Å². The summed E-state index contributed by atoms with van der Waals surface area (Å²) in [7, 11) is 0. The first-order valence-corrected chi connectivity index (χ1v) is 10.1. The van der Waals surface area contributed by atoms with Gasteiger partial charge in [0, 0.05) is 6.04 Å². The molecule has 5 heteroatoms. The molecule has 0 spiro atoms.